The van der Waals surface area contributed by atoms with E-state index in [0.717, 1.165) is 0 Å². The molecule has 1 heterocycles. The summed E-state index contributed by atoms with van der Waals surface area (Å²) in [6.45, 7) is 0. The molecule has 0 radical (unpaired) electrons. The summed E-state index contributed by atoms with van der Waals surface area (Å²) < 4.78 is 13.0. The molecule has 3 nitrogen and oxygen atoms in total. The van der Waals surface area contributed by atoms with E-state index >= 15 is 0 Å². The highest BCUT2D eigenvalue weighted by Gasteiger charge is 2.00. The summed E-state index contributed by atoms with van der Waals surface area (Å²) in [6.07, 6.45) is 1.52. The van der Waals surface area contributed by atoms with Gasteiger partial charge in [0.25, 0.3) is 0 Å². The second-order valence-electron chi connectivity index (χ2n) is 3.26. The normalized spacial score (nSPS) is 10.1. The molecule has 1 aromatic carbocycles. The molecule has 1 aromatic heterocycles. The highest BCUT2D eigenvalue weighted by atomic mass is 35.5. The Kier molecular flexibility index (Phi) is 2.92. The standard InChI is InChI=1S/C11H9ClFN3/c12-7-3-8(13)5-10(4-7)16-11-2-1-9(14)6-15-11/h1-6H,14H2,(H,15,16). The molecule has 2 rings (SSSR count). The van der Waals surface area contributed by atoms with Crippen LogP contribution in [0.2, 0.25) is 5.02 Å². The van der Waals surface area contributed by atoms with E-state index in [2.05, 4.69) is 10.3 Å². The van der Waals surface area contributed by atoms with Gasteiger partial charge in [-0.1, -0.05) is 11.6 Å². The van der Waals surface area contributed by atoms with Crippen molar-refractivity contribution < 1.29 is 4.39 Å². The molecule has 0 spiro atoms. The van der Waals surface area contributed by atoms with Crippen molar-refractivity contribution in [2.75, 3.05) is 11.1 Å². The largest absolute Gasteiger partial charge is 0.397 e. The summed E-state index contributed by atoms with van der Waals surface area (Å²) in [5, 5.41) is 3.25. The molecule has 0 saturated carbocycles. The number of nitrogen functional groups attached to an aromatic ring is 1. The Morgan fingerprint density at radius 1 is 1.25 bits per heavy atom. The number of hydrogen-bond acceptors (Lipinski definition) is 3. The average molecular weight is 238 g/mol. The van der Waals surface area contributed by atoms with Gasteiger partial charge in [-0.15, -0.1) is 0 Å². The summed E-state index contributed by atoms with van der Waals surface area (Å²) in [5.41, 5.74) is 6.61. The maximum Gasteiger partial charge on any atom is 0.130 e. The SMILES string of the molecule is Nc1ccc(Nc2cc(F)cc(Cl)c2)nc1. The molecule has 2 aromatic rings. The van der Waals surface area contributed by atoms with Gasteiger partial charge in [0.2, 0.25) is 0 Å². The molecule has 0 bridgehead atoms. The van der Waals surface area contributed by atoms with Crippen molar-refractivity contribution in [3.8, 4) is 0 Å². The summed E-state index contributed by atoms with van der Waals surface area (Å²) in [4.78, 5) is 4.03. The molecule has 0 atom stereocenters. The van der Waals surface area contributed by atoms with Crippen LogP contribution in [-0.2, 0) is 0 Å². The van der Waals surface area contributed by atoms with Gasteiger partial charge in [0.05, 0.1) is 11.9 Å². The Morgan fingerprint density at radius 2 is 2.06 bits per heavy atom. The molecule has 0 amide bonds. The summed E-state index contributed by atoms with van der Waals surface area (Å²) >= 11 is 5.72. The molecule has 0 aliphatic heterocycles. The first-order chi connectivity index (χ1) is 7.63. The number of halogens is 2. The van der Waals surface area contributed by atoms with Gasteiger partial charge < -0.3 is 11.1 Å². The van der Waals surface area contributed by atoms with Crippen molar-refractivity contribution in [2.24, 2.45) is 0 Å². The lowest BCUT2D eigenvalue weighted by molar-refractivity contribution is 0.628. The quantitative estimate of drug-likeness (QED) is 0.843. The molecule has 0 saturated heterocycles. The van der Waals surface area contributed by atoms with Crippen LogP contribution < -0.4 is 11.1 Å². The van der Waals surface area contributed by atoms with E-state index in [-0.39, 0.29) is 0 Å². The third-order valence-electron chi connectivity index (χ3n) is 1.92. The molecule has 0 aliphatic carbocycles. The van der Waals surface area contributed by atoms with E-state index in [9.17, 15) is 4.39 Å². The first-order valence-corrected chi connectivity index (χ1v) is 4.96. The Morgan fingerprint density at radius 3 is 2.69 bits per heavy atom. The Hall–Kier alpha value is -1.81. The van der Waals surface area contributed by atoms with Gasteiger partial charge in [-0.25, -0.2) is 9.37 Å². The van der Waals surface area contributed by atoms with Crippen LogP contribution in [0.3, 0.4) is 0 Å². The fourth-order valence-electron chi connectivity index (χ4n) is 1.25. The highest BCUT2D eigenvalue weighted by molar-refractivity contribution is 6.30. The maximum absolute atomic E-state index is 13.0. The first kappa shape index (κ1) is 10.7. The molecule has 5 heteroatoms. The van der Waals surface area contributed by atoms with Crippen LogP contribution in [0.15, 0.2) is 36.5 Å². The van der Waals surface area contributed by atoms with Gasteiger partial charge in [-0.3, -0.25) is 0 Å². The van der Waals surface area contributed by atoms with Crippen molar-refractivity contribution in [1.82, 2.24) is 4.98 Å². The minimum Gasteiger partial charge on any atom is -0.397 e. The first-order valence-electron chi connectivity index (χ1n) is 4.58. The van der Waals surface area contributed by atoms with Gasteiger partial charge in [-0.05, 0) is 30.3 Å². The Labute approximate surface area is 97.1 Å². The van der Waals surface area contributed by atoms with E-state index in [1.807, 2.05) is 0 Å². The Bertz CT molecular complexity index is 479. The number of nitrogens with one attached hydrogen (secondary N) is 1. The molecule has 3 N–H and O–H groups in total. The smallest absolute Gasteiger partial charge is 0.130 e. The lowest BCUT2D eigenvalue weighted by atomic mass is 10.3. The number of nitrogens with zero attached hydrogens (tertiary/aromatic N) is 1. The number of hydrogen-bond donors (Lipinski definition) is 2. The van der Waals surface area contributed by atoms with Crippen LogP contribution in [-0.4, -0.2) is 4.98 Å². The van der Waals surface area contributed by atoms with Gasteiger partial charge in [0.1, 0.15) is 11.6 Å². The second kappa shape index (κ2) is 4.37. The zero-order valence-electron chi connectivity index (χ0n) is 8.24. The van der Waals surface area contributed by atoms with Crippen molar-refractivity contribution >= 4 is 28.8 Å². The topological polar surface area (TPSA) is 50.9 Å². The lowest BCUT2D eigenvalue weighted by Crippen LogP contribution is -1.95. The maximum atomic E-state index is 13.0. The predicted molar refractivity (Wildman–Crippen MR) is 63.3 cm³/mol. The van der Waals surface area contributed by atoms with Gasteiger partial charge in [-0.2, -0.15) is 0 Å². The fraction of sp³-hybridized carbons (Fsp3) is 0. The van der Waals surface area contributed by atoms with Crippen LogP contribution in [0.4, 0.5) is 21.6 Å². The van der Waals surface area contributed by atoms with Crippen molar-refractivity contribution in [3.05, 3.63) is 47.4 Å². The average Bonchev–Trinajstić information content (AvgIpc) is 2.20. The zero-order chi connectivity index (χ0) is 11.5. The van der Waals surface area contributed by atoms with E-state index in [1.165, 1.54) is 18.3 Å². The predicted octanol–water partition coefficient (Wildman–Crippen LogP) is 3.20. The number of rotatable bonds is 2. The molecule has 0 fully saturated rings. The van der Waals surface area contributed by atoms with E-state index in [4.69, 9.17) is 17.3 Å². The van der Waals surface area contributed by atoms with Crippen molar-refractivity contribution in [2.45, 2.75) is 0 Å². The third kappa shape index (κ3) is 2.61. The number of aromatic nitrogens is 1. The van der Waals surface area contributed by atoms with Crippen LogP contribution in [0, 0.1) is 5.82 Å². The summed E-state index contributed by atoms with van der Waals surface area (Å²) in [6, 6.07) is 7.60. The molecular weight excluding hydrogens is 229 g/mol. The van der Waals surface area contributed by atoms with Gasteiger partial charge in [0, 0.05) is 10.7 Å². The molecular formula is C11H9ClFN3. The van der Waals surface area contributed by atoms with Crippen molar-refractivity contribution in [1.29, 1.82) is 0 Å². The lowest BCUT2D eigenvalue weighted by Gasteiger charge is -2.06. The summed E-state index contributed by atoms with van der Waals surface area (Å²) in [7, 11) is 0. The monoisotopic (exact) mass is 237 g/mol. The number of anilines is 3. The minimum absolute atomic E-state index is 0.331. The summed E-state index contributed by atoms with van der Waals surface area (Å²) in [5.74, 6) is 0.182. The zero-order valence-corrected chi connectivity index (χ0v) is 9.00. The van der Waals surface area contributed by atoms with Crippen LogP contribution >= 0.6 is 11.6 Å². The molecule has 0 unspecified atom stereocenters. The number of pyridine rings is 1. The second-order valence-corrected chi connectivity index (χ2v) is 3.70. The molecule has 82 valence electrons. The van der Waals surface area contributed by atoms with Crippen LogP contribution in [0.1, 0.15) is 0 Å². The van der Waals surface area contributed by atoms with E-state index in [1.54, 1.807) is 18.2 Å². The van der Waals surface area contributed by atoms with Crippen LogP contribution in [0.5, 0.6) is 0 Å². The molecule has 0 aliphatic rings. The van der Waals surface area contributed by atoms with E-state index < -0.39 is 5.82 Å². The van der Waals surface area contributed by atoms with E-state index in [0.29, 0.717) is 22.2 Å². The number of nitrogens with two attached hydrogens (primary N) is 1. The van der Waals surface area contributed by atoms with Gasteiger partial charge in [0.15, 0.2) is 0 Å². The Balaban J connectivity index is 2.23. The molecule has 16 heavy (non-hydrogen) atoms. The minimum atomic E-state index is -0.398. The third-order valence-corrected chi connectivity index (χ3v) is 2.14. The van der Waals surface area contributed by atoms with Crippen molar-refractivity contribution in [3.63, 3.8) is 0 Å². The van der Waals surface area contributed by atoms with Gasteiger partial charge >= 0.3 is 0 Å². The fourth-order valence-corrected chi connectivity index (χ4v) is 1.47. The van der Waals surface area contributed by atoms with Crippen LogP contribution in [0.25, 0.3) is 0 Å². The highest BCUT2D eigenvalue weighted by Crippen LogP contribution is 2.21. The number of benzene rings is 1.